The van der Waals surface area contributed by atoms with Crippen LogP contribution in [0.2, 0.25) is 0 Å². The standard InChI is InChI=1S/C15H21N5O/c1-10(2)8-13(16)15(21)18-12-6-4-11(5-7-12)14-19-17-9-20(14)3/h4-7,9-10,13H,8,16H2,1-3H3,(H,18,21). The molecule has 1 atom stereocenters. The molecule has 1 aromatic carbocycles. The Morgan fingerprint density at radius 2 is 2.00 bits per heavy atom. The van der Waals surface area contributed by atoms with Crippen molar-refractivity contribution in [2.24, 2.45) is 18.7 Å². The first-order valence-electron chi connectivity index (χ1n) is 6.98. The van der Waals surface area contributed by atoms with Crippen molar-refractivity contribution >= 4 is 11.6 Å². The number of amides is 1. The summed E-state index contributed by atoms with van der Waals surface area (Å²) in [6, 6.07) is 6.98. The fourth-order valence-electron chi connectivity index (χ4n) is 2.10. The van der Waals surface area contributed by atoms with E-state index in [1.54, 1.807) is 6.33 Å². The van der Waals surface area contributed by atoms with Gasteiger partial charge in [-0.2, -0.15) is 0 Å². The van der Waals surface area contributed by atoms with Crippen molar-refractivity contribution in [1.29, 1.82) is 0 Å². The first-order chi connectivity index (χ1) is 9.97. The monoisotopic (exact) mass is 287 g/mol. The van der Waals surface area contributed by atoms with E-state index in [2.05, 4.69) is 15.5 Å². The molecule has 0 aliphatic rings. The van der Waals surface area contributed by atoms with Crippen molar-refractivity contribution in [3.63, 3.8) is 0 Å². The first-order valence-corrected chi connectivity index (χ1v) is 6.98. The molecule has 21 heavy (non-hydrogen) atoms. The molecule has 1 aromatic heterocycles. The third-order valence-electron chi connectivity index (χ3n) is 3.18. The molecule has 112 valence electrons. The summed E-state index contributed by atoms with van der Waals surface area (Å²) in [5.74, 6) is 1.02. The lowest BCUT2D eigenvalue weighted by molar-refractivity contribution is -0.117. The second kappa shape index (κ2) is 6.49. The third-order valence-corrected chi connectivity index (χ3v) is 3.18. The highest BCUT2D eigenvalue weighted by molar-refractivity contribution is 5.94. The maximum Gasteiger partial charge on any atom is 0.241 e. The van der Waals surface area contributed by atoms with E-state index in [1.807, 2.05) is 49.7 Å². The molecular formula is C15H21N5O. The molecule has 0 aliphatic heterocycles. The summed E-state index contributed by atoms with van der Waals surface area (Å²) >= 11 is 0. The van der Waals surface area contributed by atoms with Gasteiger partial charge in [0.2, 0.25) is 5.91 Å². The molecule has 0 aliphatic carbocycles. The number of nitrogens with zero attached hydrogens (tertiary/aromatic N) is 3. The van der Waals surface area contributed by atoms with E-state index in [0.717, 1.165) is 17.1 Å². The summed E-state index contributed by atoms with van der Waals surface area (Å²) in [5, 5.41) is 10.7. The van der Waals surface area contributed by atoms with Crippen LogP contribution in [-0.4, -0.2) is 26.7 Å². The quantitative estimate of drug-likeness (QED) is 0.878. The van der Waals surface area contributed by atoms with Crippen molar-refractivity contribution in [3.05, 3.63) is 30.6 Å². The van der Waals surface area contributed by atoms with Gasteiger partial charge >= 0.3 is 0 Å². The molecule has 0 spiro atoms. The summed E-state index contributed by atoms with van der Waals surface area (Å²) in [4.78, 5) is 12.0. The lowest BCUT2D eigenvalue weighted by atomic mass is 10.0. The highest BCUT2D eigenvalue weighted by atomic mass is 16.2. The Morgan fingerprint density at radius 3 is 2.52 bits per heavy atom. The van der Waals surface area contributed by atoms with E-state index >= 15 is 0 Å². The fourth-order valence-corrected chi connectivity index (χ4v) is 2.10. The third kappa shape index (κ3) is 3.88. The van der Waals surface area contributed by atoms with E-state index in [4.69, 9.17) is 5.73 Å². The molecule has 0 radical (unpaired) electrons. The van der Waals surface area contributed by atoms with Gasteiger partial charge in [-0.05, 0) is 36.6 Å². The van der Waals surface area contributed by atoms with Gasteiger partial charge in [0.15, 0.2) is 5.82 Å². The number of carbonyl (C=O) groups is 1. The van der Waals surface area contributed by atoms with Gasteiger partial charge in [0, 0.05) is 18.3 Å². The predicted octanol–water partition coefficient (Wildman–Crippen LogP) is 1.79. The molecule has 2 rings (SSSR count). The average molecular weight is 287 g/mol. The van der Waals surface area contributed by atoms with Crippen LogP contribution in [0.3, 0.4) is 0 Å². The van der Waals surface area contributed by atoms with Gasteiger partial charge in [0.25, 0.3) is 0 Å². The maximum atomic E-state index is 12.0. The Bertz CT molecular complexity index is 603. The van der Waals surface area contributed by atoms with E-state index < -0.39 is 6.04 Å². The smallest absolute Gasteiger partial charge is 0.241 e. The SMILES string of the molecule is CC(C)CC(N)C(=O)Nc1ccc(-c2nncn2C)cc1. The number of nitrogens with two attached hydrogens (primary N) is 1. The van der Waals surface area contributed by atoms with Crippen LogP contribution in [0.25, 0.3) is 11.4 Å². The molecule has 0 saturated carbocycles. The van der Waals surface area contributed by atoms with Crippen LogP contribution < -0.4 is 11.1 Å². The van der Waals surface area contributed by atoms with Gasteiger partial charge in [-0.1, -0.05) is 13.8 Å². The zero-order chi connectivity index (χ0) is 15.4. The minimum atomic E-state index is -0.483. The highest BCUT2D eigenvalue weighted by Crippen LogP contribution is 2.18. The topological polar surface area (TPSA) is 85.8 Å². The Hall–Kier alpha value is -2.21. The van der Waals surface area contributed by atoms with Crippen LogP contribution in [0.1, 0.15) is 20.3 Å². The Kier molecular flexibility index (Phi) is 4.70. The Balaban J connectivity index is 2.03. The number of benzene rings is 1. The van der Waals surface area contributed by atoms with Crippen molar-refractivity contribution in [1.82, 2.24) is 14.8 Å². The first kappa shape index (κ1) is 15.2. The lowest BCUT2D eigenvalue weighted by Crippen LogP contribution is -2.36. The molecule has 0 fully saturated rings. The molecule has 1 unspecified atom stereocenters. The van der Waals surface area contributed by atoms with Gasteiger partial charge in [0.1, 0.15) is 6.33 Å². The van der Waals surface area contributed by atoms with Crippen molar-refractivity contribution < 1.29 is 4.79 Å². The molecule has 0 bridgehead atoms. The van der Waals surface area contributed by atoms with E-state index in [-0.39, 0.29) is 5.91 Å². The van der Waals surface area contributed by atoms with Gasteiger partial charge in [-0.25, -0.2) is 0 Å². The number of nitrogens with one attached hydrogen (secondary N) is 1. The van der Waals surface area contributed by atoms with Crippen LogP contribution >= 0.6 is 0 Å². The zero-order valence-electron chi connectivity index (χ0n) is 12.6. The zero-order valence-corrected chi connectivity index (χ0v) is 12.6. The number of aromatic nitrogens is 3. The fraction of sp³-hybridized carbons (Fsp3) is 0.400. The molecule has 3 N–H and O–H groups in total. The lowest BCUT2D eigenvalue weighted by Gasteiger charge is -2.14. The summed E-state index contributed by atoms with van der Waals surface area (Å²) in [5.41, 5.74) is 7.53. The van der Waals surface area contributed by atoms with Crippen LogP contribution in [0, 0.1) is 5.92 Å². The average Bonchev–Trinajstić information content (AvgIpc) is 2.85. The second-order valence-corrected chi connectivity index (χ2v) is 5.57. The van der Waals surface area contributed by atoms with Gasteiger partial charge < -0.3 is 15.6 Å². The van der Waals surface area contributed by atoms with Crippen molar-refractivity contribution in [2.75, 3.05) is 5.32 Å². The second-order valence-electron chi connectivity index (χ2n) is 5.57. The van der Waals surface area contributed by atoms with E-state index in [9.17, 15) is 4.79 Å². The molecular weight excluding hydrogens is 266 g/mol. The van der Waals surface area contributed by atoms with E-state index in [1.165, 1.54) is 0 Å². The summed E-state index contributed by atoms with van der Waals surface area (Å²) in [7, 11) is 1.88. The van der Waals surface area contributed by atoms with Crippen LogP contribution in [0.5, 0.6) is 0 Å². The maximum absolute atomic E-state index is 12.0. The largest absolute Gasteiger partial charge is 0.325 e. The minimum Gasteiger partial charge on any atom is -0.325 e. The van der Waals surface area contributed by atoms with E-state index in [0.29, 0.717) is 12.3 Å². The Morgan fingerprint density at radius 1 is 1.33 bits per heavy atom. The molecule has 1 heterocycles. The Labute approximate surface area is 124 Å². The number of carbonyl (C=O) groups excluding carboxylic acids is 1. The van der Waals surface area contributed by atoms with Gasteiger partial charge in [0.05, 0.1) is 6.04 Å². The van der Waals surface area contributed by atoms with Crippen molar-refractivity contribution in [2.45, 2.75) is 26.3 Å². The minimum absolute atomic E-state index is 0.157. The van der Waals surface area contributed by atoms with Gasteiger partial charge in [-0.3, -0.25) is 4.79 Å². The highest BCUT2D eigenvalue weighted by Gasteiger charge is 2.15. The number of anilines is 1. The van der Waals surface area contributed by atoms with Crippen LogP contribution in [0.15, 0.2) is 30.6 Å². The number of hydrogen-bond acceptors (Lipinski definition) is 4. The summed E-state index contributed by atoms with van der Waals surface area (Å²) < 4.78 is 1.84. The molecule has 6 heteroatoms. The number of hydrogen-bond donors (Lipinski definition) is 2. The molecule has 2 aromatic rings. The van der Waals surface area contributed by atoms with Crippen LogP contribution in [-0.2, 0) is 11.8 Å². The molecule has 0 saturated heterocycles. The number of rotatable bonds is 5. The normalized spacial score (nSPS) is 12.4. The summed E-state index contributed by atoms with van der Waals surface area (Å²) in [6.07, 6.45) is 2.32. The van der Waals surface area contributed by atoms with Crippen molar-refractivity contribution in [3.8, 4) is 11.4 Å². The van der Waals surface area contributed by atoms with Crippen LogP contribution in [0.4, 0.5) is 5.69 Å². The predicted molar refractivity (Wildman–Crippen MR) is 82.5 cm³/mol. The van der Waals surface area contributed by atoms with Gasteiger partial charge in [-0.15, -0.1) is 10.2 Å². The molecule has 1 amide bonds. The summed E-state index contributed by atoms with van der Waals surface area (Å²) in [6.45, 7) is 4.09. The molecule has 6 nitrogen and oxygen atoms in total. The number of aryl methyl sites for hydroxylation is 1.